The molecule has 0 saturated carbocycles. The Morgan fingerprint density at radius 2 is 2.12 bits per heavy atom. The summed E-state index contributed by atoms with van der Waals surface area (Å²) in [6, 6.07) is 2.71. The number of hydrogen-bond acceptors (Lipinski definition) is 2. The Balaban J connectivity index is 0.00000112. The zero-order chi connectivity index (χ0) is 9.80. The summed E-state index contributed by atoms with van der Waals surface area (Å²) in [7, 11) is 0. The predicted octanol–water partition coefficient (Wildman–Crippen LogP) is 3.08. The number of rotatable bonds is 2. The summed E-state index contributed by atoms with van der Waals surface area (Å²) in [6.07, 6.45) is 10.5. The van der Waals surface area contributed by atoms with Gasteiger partial charge in [0.1, 0.15) is 0 Å². The van der Waals surface area contributed by atoms with E-state index in [-0.39, 0.29) is 24.8 Å². The van der Waals surface area contributed by atoms with Crippen LogP contribution >= 0.6 is 24.8 Å². The van der Waals surface area contributed by atoms with Gasteiger partial charge in [-0.05, 0) is 24.0 Å². The zero-order valence-corrected chi connectivity index (χ0v) is 11.0. The Morgan fingerprint density at radius 3 is 2.75 bits per heavy atom. The van der Waals surface area contributed by atoms with Crippen LogP contribution in [0.2, 0.25) is 0 Å². The molecule has 0 saturated heterocycles. The molecule has 2 nitrogen and oxygen atoms in total. The van der Waals surface area contributed by atoms with E-state index in [1.54, 1.807) is 0 Å². The fourth-order valence-electron chi connectivity index (χ4n) is 1.75. The molecule has 0 radical (unpaired) electrons. The molecule has 1 unspecified atom stereocenters. The average Bonchev–Trinajstić information content (AvgIpc) is 2.30. The second-order valence-corrected chi connectivity index (χ2v) is 3.65. The number of pyridine rings is 1. The molecule has 0 spiro atoms. The second kappa shape index (κ2) is 7.66. The van der Waals surface area contributed by atoms with Crippen molar-refractivity contribution in [2.45, 2.75) is 25.8 Å². The first-order valence-corrected chi connectivity index (χ1v) is 5.22. The third-order valence-electron chi connectivity index (χ3n) is 2.65. The van der Waals surface area contributed by atoms with Crippen LogP contribution in [0.3, 0.4) is 0 Å². The molecule has 0 amide bonds. The average molecular weight is 261 g/mol. The molecule has 4 heteroatoms. The highest BCUT2D eigenvalue weighted by molar-refractivity contribution is 5.85. The van der Waals surface area contributed by atoms with Crippen molar-refractivity contribution in [2.24, 2.45) is 0 Å². The van der Waals surface area contributed by atoms with Crippen LogP contribution in [0.4, 0.5) is 0 Å². The monoisotopic (exact) mass is 260 g/mol. The highest BCUT2D eigenvalue weighted by Gasteiger charge is 2.11. The molecule has 1 aromatic rings. The van der Waals surface area contributed by atoms with E-state index in [0.717, 1.165) is 19.4 Å². The molecule has 16 heavy (non-hydrogen) atoms. The molecule has 1 N–H and O–H groups in total. The molecule has 0 bridgehead atoms. The van der Waals surface area contributed by atoms with E-state index in [0.29, 0.717) is 6.04 Å². The van der Waals surface area contributed by atoms with Gasteiger partial charge in [-0.3, -0.25) is 4.98 Å². The Kier molecular flexibility index (Phi) is 7.39. The van der Waals surface area contributed by atoms with Crippen LogP contribution in [0.15, 0.2) is 30.6 Å². The van der Waals surface area contributed by atoms with Gasteiger partial charge >= 0.3 is 0 Å². The number of hydrogen-bond donors (Lipinski definition) is 1. The van der Waals surface area contributed by atoms with E-state index in [1.165, 1.54) is 11.1 Å². The summed E-state index contributed by atoms with van der Waals surface area (Å²) >= 11 is 0. The Morgan fingerprint density at radius 1 is 1.31 bits per heavy atom. The maximum Gasteiger partial charge on any atom is 0.0372 e. The lowest BCUT2D eigenvalue weighted by molar-refractivity contribution is 0.552. The van der Waals surface area contributed by atoms with Gasteiger partial charge in [0.25, 0.3) is 0 Å². The van der Waals surface area contributed by atoms with Crippen molar-refractivity contribution in [3.8, 4) is 0 Å². The van der Waals surface area contributed by atoms with Gasteiger partial charge in [-0.2, -0.15) is 0 Å². The molecule has 0 aromatic carbocycles. The first-order chi connectivity index (χ1) is 6.90. The summed E-state index contributed by atoms with van der Waals surface area (Å²) in [4.78, 5) is 4.27. The zero-order valence-electron chi connectivity index (χ0n) is 9.35. The predicted molar refractivity (Wildman–Crippen MR) is 72.6 cm³/mol. The van der Waals surface area contributed by atoms with Crippen molar-refractivity contribution < 1.29 is 0 Å². The maximum atomic E-state index is 4.27. The van der Waals surface area contributed by atoms with Gasteiger partial charge in [-0.1, -0.05) is 25.1 Å². The summed E-state index contributed by atoms with van der Waals surface area (Å²) in [5.74, 6) is 0. The minimum atomic E-state index is 0. The standard InChI is InChI=1S/C12H16N2.2ClH/c1-2-10-7-11(9-13-8-10)12-5-3-4-6-14-12;;/h3-4,7-9,12,14H,2,5-6H2,1H3;2*1H. The van der Waals surface area contributed by atoms with Crippen molar-refractivity contribution in [1.82, 2.24) is 10.3 Å². The third-order valence-corrected chi connectivity index (χ3v) is 2.65. The van der Waals surface area contributed by atoms with Crippen LogP contribution < -0.4 is 5.32 Å². The number of nitrogens with one attached hydrogen (secondary N) is 1. The van der Waals surface area contributed by atoms with E-state index < -0.39 is 0 Å². The van der Waals surface area contributed by atoms with E-state index >= 15 is 0 Å². The number of halogens is 2. The number of aryl methyl sites for hydroxylation is 1. The Bertz CT molecular complexity index is 340. The SMILES string of the molecule is CCc1cncc(C2CC=CCN2)c1.Cl.Cl. The molecule has 1 atom stereocenters. The minimum absolute atomic E-state index is 0. The first kappa shape index (κ1) is 15.4. The minimum Gasteiger partial charge on any atom is -0.306 e. The summed E-state index contributed by atoms with van der Waals surface area (Å²) in [5, 5.41) is 3.46. The van der Waals surface area contributed by atoms with Gasteiger partial charge in [0.05, 0.1) is 0 Å². The smallest absolute Gasteiger partial charge is 0.0372 e. The molecule has 0 fully saturated rings. The van der Waals surface area contributed by atoms with Gasteiger partial charge in [-0.25, -0.2) is 0 Å². The van der Waals surface area contributed by atoms with E-state index in [1.807, 2.05) is 12.4 Å². The van der Waals surface area contributed by atoms with Gasteiger partial charge in [-0.15, -0.1) is 24.8 Å². The van der Waals surface area contributed by atoms with Crippen LogP contribution in [0.25, 0.3) is 0 Å². The highest BCUT2D eigenvalue weighted by Crippen LogP contribution is 2.19. The van der Waals surface area contributed by atoms with Crippen molar-refractivity contribution >= 4 is 24.8 Å². The molecular formula is C12H18Cl2N2. The third kappa shape index (κ3) is 3.78. The van der Waals surface area contributed by atoms with Crippen LogP contribution in [0.1, 0.15) is 30.5 Å². The van der Waals surface area contributed by atoms with Gasteiger partial charge in [0, 0.05) is 25.0 Å². The fraction of sp³-hybridized carbons (Fsp3) is 0.417. The lowest BCUT2D eigenvalue weighted by atomic mass is 10.0. The summed E-state index contributed by atoms with van der Waals surface area (Å²) < 4.78 is 0. The number of aromatic nitrogens is 1. The molecule has 2 heterocycles. The molecular weight excluding hydrogens is 243 g/mol. The van der Waals surface area contributed by atoms with Gasteiger partial charge in [0.2, 0.25) is 0 Å². The Hall–Kier alpha value is -0.570. The molecule has 1 aliphatic rings. The van der Waals surface area contributed by atoms with Crippen LogP contribution in [0.5, 0.6) is 0 Å². The summed E-state index contributed by atoms with van der Waals surface area (Å²) in [6.45, 7) is 3.13. The molecule has 1 aromatic heterocycles. The maximum absolute atomic E-state index is 4.27. The lowest BCUT2D eigenvalue weighted by Gasteiger charge is -2.20. The summed E-state index contributed by atoms with van der Waals surface area (Å²) in [5.41, 5.74) is 2.63. The lowest BCUT2D eigenvalue weighted by Crippen LogP contribution is -2.23. The van der Waals surface area contributed by atoms with Crippen molar-refractivity contribution in [3.63, 3.8) is 0 Å². The quantitative estimate of drug-likeness (QED) is 0.827. The van der Waals surface area contributed by atoms with Crippen LogP contribution in [-0.2, 0) is 6.42 Å². The van der Waals surface area contributed by atoms with Gasteiger partial charge < -0.3 is 5.32 Å². The normalized spacial score (nSPS) is 18.4. The molecule has 1 aliphatic heterocycles. The van der Waals surface area contributed by atoms with Crippen LogP contribution in [0, 0.1) is 0 Å². The highest BCUT2D eigenvalue weighted by atomic mass is 35.5. The fourth-order valence-corrected chi connectivity index (χ4v) is 1.75. The van der Waals surface area contributed by atoms with E-state index in [2.05, 4.69) is 35.4 Å². The van der Waals surface area contributed by atoms with Gasteiger partial charge in [0.15, 0.2) is 0 Å². The molecule has 90 valence electrons. The van der Waals surface area contributed by atoms with Crippen LogP contribution in [-0.4, -0.2) is 11.5 Å². The van der Waals surface area contributed by atoms with Crippen molar-refractivity contribution in [2.75, 3.05) is 6.54 Å². The molecule has 0 aliphatic carbocycles. The largest absolute Gasteiger partial charge is 0.306 e. The molecule has 2 rings (SSSR count). The first-order valence-electron chi connectivity index (χ1n) is 5.22. The van der Waals surface area contributed by atoms with E-state index in [9.17, 15) is 0 Å². The Labute approximate surface area is 109 Å². The van der Waals surface area contributed by atoms with Crippen molar-refractivity contribution in [3.05, 3.63) is 41.7 Å². The van der Waals surface area contributed by atoms with E-state index in [4.69, 9.17) is 0 Å². The topological polar surface area (TPSA) is 24.9 Å². The van der Waals surface area contributed by atoms with Crippen molar-refractivity contribution in [1.29, 1.82) is 0 Å². The number of nitrogens with zero attached hydrogens (tertiary/aromatic N) is 1. The second-order valence-electron chi connectivity index (χ2n) is 3.65.